The van der Waals surface area contributed by atoms with Gasteiger partial charge in [-0.3, -0.25) is 4.79 Å². The quantitative estimate of drug-likeness (QED) is 0.678. The van der Waals surface area contributed by atoms with Crippen LogP contribution in [-0.4, -0.2) is 21.0 Å². The lowest BCUT2D eigenvalue weighted by Crippen LogP contribution is -2.14. The van der Waals surface area contributed by atoms with Crippen LogP contribution in [0.4, 0.5) is 5.82 Å². The number of amides is 1. The summed E-state index contributed by atoms with van der Waals surface area (Å²) in [6, 6.07) is 1.39. The summed E-state index contributed by atoms with van der Waals surface area (Å²) in [5.74, 6) is 0.248. The lowest BCUT2D eigenvalue weighted by Gasteiger charge is -2.04. The monoisotopic (exact) mass is 286 g/mol. The Balaban J connectivity index is 2.27. The molecule has 2 heterocycles. The van der Waals surface area contributed by atoms with Gasteiger partial charge in [0.25, 0.3) is 5.91 Å². The average molecular weight is 287 g/mol. The first-order valence-electron chi connectivity index (χ1n) is 4.91. The molecule has 18 heavy (non-hydrogen) atoms. The largest absolute Gasteiger partial charge is 0.361 e. The minimum atomic E-state index is -0.392. The summed E-state index contributed by atoms with van der Waals surface area (Å²) in [5.41, 5.74) is 0.858. The number of halogens is 2. The summed E-state index contributed by atoms with van der Waals surface area (Å²) in [6.45, 7) is 3.32. The molecule has 0 aromatic carbocycles. The summed E-state index contributed by atoms with van der Waals surface area (Å²) in [4.78, 5) is 19.5. The third kappa shape index (κ3) is 2.60. The number of rotatable bonds is 2. The molecule has 0 aliphatic rings. The summed E-state index contributed by atoms with van der Waals surface area (Å²) in [6.07, 6.45) is 0. The zero-order chi connectivity index (χ0) is 13.3. The van der Waals surface area contributed by atoms with Crippen molar-refractivity contribution in [1.82, 2.24) is 15.1 Å². The Hall–Kier alpha value is -1.66. The Morgan fingerprint density at radius 1 is 1.33 bits per heavy atom. The molecule has 0 radical (unpaired) electrons. The van der Waals surface area contributed by atoms with Crippen LogP contribution in [0.15, 0.2) is 10.6 Å². The number of carbonyl (C=O) groups is 1. The standard InChI is InChI=1S/C10H8Cl2N4O2/c1-4-8(5(2)18-16-4)9(17)14-7-3-6(11)13-10(12)15-7/h3H,1-2H3,(H,13,14,15,17). The number of hydrogen-bond donors (Lipinski definition) is 1. The molecule has 2 rings (SSSR count). The molecule has 8 heteroatoms. The molecule has 0 atom stereocenters. The number of aryl methyl sites for hydroxylation is 2. The molecule has 0 bridgehead atoms. The van der Waals surface area contributed by atoms with Crippen molar-refractivity contribution in [3.8, 4) is 0 Å². The van der Waals surface area contributed by atoms with Crippen LogP contribution >= 0.6 is 23.2 Å². The van der Waals surface area contributed by atoms with E-state index >= 15 is 0 Å². The molecule has 0 spiro atoms. The van der Waals surface area contributed by atoms with E-state index in [1.807, 2.05) is 0 Å². The van der Waals surface area contributed by atoms with Gasteiger partial charge in [-0.15, -0.1) is 0 Å². The molecule has 1 amide bonds. The first-order valence-corrected chi connectivity index (χ1v) is 5.67. The zero-order valence-electron chi connectivity index (χ0n) is 9.49. The predicted molar refractivity (Wildman–Crippen MR) is 66.0 cm³/mol. The van der Waals surface area contributed by atoms with E-state index in [1.54, 1.807) is 13.8 Å². The van der Waals surface area contributed by atoms with Gasteiger partial charge < -0.3 is 9.84 Å². The number of nitrogens with zero attached hydrogens (tertiary/aromatic N) is 3. The minimum absolute atomic E-state index is 0.0448. The molecule has 6 nitrogen and oxygen atoms in total. The van der Waals surface area contributed by atoms with Crippen LogP contribution in [0.2, 0.25) is 10.4 Å². The van der Waals surface area contributed by atoms with E-state index in [2.05, 4.69) is 20.4 Å². The fraction of sp³-hybridized carbons (Fsp3) is 0.200. The van der Waals surface area contributed by atoms with E-state index in [0.29, 0.717) is 17.0 Å². The van der Waals surface area contributed by atoms with E-state index in [0.717, 1.165) is 0 Å². The van der Waals surface area contributed by atoms with Gasteiger partial charge in [0.2, 0.25) is 5.28 Å². The maximum absolute atomic E-state index is 12.0. The number of carbonyl (C=O) groups excluding carboxylic acids is 1. The van der Waals surface area contributed by atoms with Crippen molar-refractivity contribution in [2.75, 3.05) is 5.32 Å². The highest BCUT2D eigenvalue weighted by atomic mass is 35.5. The molecule has 94 valence electrons. The van der Waals surface area contributed by atoms with Crippen LogP contribution in [0.5, 0.6) is 0 Å². The molecule has 0 saturated heterocycles. The van der Waals surface area contributed by atoms with Gasteiger partial charge in [-0.05, 0) is 25.4 Å². The summed E-state index contributed by atoms with van der Waals surface area (Å²) < 4.78 is 4.91. The highest BCUT2D eigenvalue weighted by molar-refractivity contribution is 6.32. The van der Waals surface area contributed by atoms with Crippen molar-refractivity contribution in [2.45, 2.75) is 13.8 Å². The van der Waals surface area contributed by atoms with Gasteiger partial charge in [-0.1, -0.05) is 16.8 Å². The van der Waals surface area contributed by atoms with E-state index in [4.69, 9.17) is 27.7 Å². The highest BCUT2D eigenvalue weighted by Crippen LogP contribution is 2.17. The number of aromatic nitrogens is 3. The van der Waals surface area contributed by atoms with Gasteiger partial charge in [-0.2, -0.15) is 0 Å². The van der Waals surface area contributed by atoms with E-state index in [-0.39, 0.29) is 16.3 Å². The van der Waals surface area contributed by atoms with Crippen LogP contribution in [0.3, 0.4) is 0 Å². The van der Waals surface area contributed by atoms with Crippen molar-refractivity contribution in [1.29, 1.82) is 0 Å². The molecule has 0 aliphatic carbocycles. The fourth-order valence-electron chi connectivity index (χ4n) is 1.44. The van der Waals surface area contributed by atoms with Crippen LogP contribution in [0.25, 0.3) is 0 Å². The lowest BCUT2D eigenvalue weighted by molar-refractivity contribution is 0.102. The third-order valence-electron chi connectivity index (χ3n) is 2.17. The van der Waals surface area contributed by atoms with Gasteiger partial charge in [0.15, 0.2) is 0 Å². The SMILES string of the molecule is Cc1noc(C)c1C(=O)Nc1cc(Cl)nc(Cl)n1. The van der Waals surface area contributed by atoms with Crippen LogP contribution < -0.4 is 5.32 Å². The van der Waals surface area contributed by atoms with Crippen molar-refractivity contribution in [3.63, 3.8) is 0 Å². The van der Waals surface area contributed by atoms with E-state index in [1.165, 1.54) is 6.07 Å². The smallest absolute Gasteiger partial charge is 0.262 e. The van der Waals surface area contributed by atoms with Crippen molar-refractivity contribution >= 4 is 34.9 Å². The van der Waals surface area contributed by atoms with Gasteiger partial charge in [-0.25, -0.2) is 9.97 Å². The number of anilines is 1. The predicted octanol–water partition coefficient (Wildman–Crippen LogP) is 2.64. The Morgan fingerprint density at radius 3 is 2.61 bits per heavy atom. The average Bonchev–Trinajstić information content (AvgIpc) is 2.56. The Kier molecular flexibility index (Phi) is 3.49. The highest BCUT2D eigenvalue weighted by Gasteiger charge is 2.18. The zero-order valence-corrected chi connectivity index (χ0v) is 11.0. The molecule has 0 aliphatic heterocycles. The summed E-state index contributed by atoms with van der Waals surface area (Å²) in [5, 5.41) is 6.34. The Bertz CT molecular complexity index is 572. The molecule has 2 aromatic heterocycles. The second-order valence-electron chi connectivity index (χ2n) is 3.50. The van der Waals surface area contributed by atoms with Crippen molar-refractivity contribution < 1.29 is 9.32 Å². The Morgan fingerprint density at radius 2 is 2.06 bits per heavy atom. The lowest BCUT2D eigenvalue weighted by atomic mass is 10.2. The van der Waals surface area contributed by atoms with E-state index in [9.17, 15) is 4.79 Å². The maximum Gasteiger partial charge on any atom is 0.262 e. The summed E-state index contributed by atoms with van der Waals surface area (Å²) >= 11 is 11.3. The molecular formula is C10H8Cl2N4O2. The van der Waals surface area contributed by atoms with E-state index < -0.39 is 5.91 Å². The molecule has 2 aromatic rings. The van der Waals surface area contributed by atoms with Crippen LogP contribution in [0.1, 0.15) is 21.8 Å². The van der Waals surface area contributed by atoms with Crippen molar-refractivity contribution in [3.05, 3.63) is 33.5 Å². The molecule has 0 fully saturated rings. The first kappa shape index (κ1) is 12.8. The van der Waals surface area contributed by atoms with Crippen LogP contribution in [-0.2, 0) is 0 Å². The number of nitrogens with one attached hydrogen (secondary N) is 1. The second kappa shape index (κ2) is 4.91. The number of hydrogen-bond acceptors (Lipinski definition) is 5. The van der Waals surface area contributed by atoms with Gasteiger partial charge in [0.1, 0.15) is 22.3 Å². The normalized spacial score (nSPS) is 10.4. The third-order valence-corrected chi connectivity index (χ3v) is 2.53. The fourth-order valence-corrected chi connectivity index (χ4v) is 1.85. The van der Waals surface area contributed by atoms with Crippen LogP contribution in [0, 0.1) is 13.8 Å². The Labute approximate surface area is 112 Å². The van der Waals surface area contributed by atoms with Gasteiger partial charge >= 0.3 is 0 Å². The second-order valence-corrected chi connectivity index (χ2v) is 4.22. The molecule has 0 saturated carbocycles. The minimum Gasteiger partial charge on any atom is -0.361 e. The van der Waals surface area contributed by atoms with Crippen molar-refractivity contribution in [2.24, 2.45) is 0 Å². The topological polar surface area (TPSA) is 80.9 Å². The summed E-state index contributed by atoms with van der Waals surface area (Å²) in [7, 11) is 0. The molecule has 0 unspecified atom stereocenters. The van der Waals surface area contributed by atoms with Gasteiger partial charge in [0.05, 0.1) is 5.69 Å². The molecular weight excluding hydrogens is 279 g/mol. The maximum atomic E-state index is 12.0. The van der Waals surface area contributed by atoms with Gasteiger partial charge in [0, 0.05) is 6.07 Å². The first-order chi connectivity index (χ1) is 8.47. The molecule has 1 N–H and O–H groups in total.